The van der Waals surface area contributed by atoms with Crippen LogP contribution in [0.4, 0.5) is 0 Å². The molecule has 1 unspecified atom stereocenters. The Labute approximate surface area is 118 Å². The maximum atomic E-state index is 12.5. The first kappa shape index (κ1) is 14.8. The molecule has 1 aliphatic carbocycles. The highest BCUT2D eigenvalue weighted by Crippen LogP contribution is 2.28. The molecule has 3 nitrogen and oxygen atoms in total. The van der Waals surface area contributed by atoms with Gasteiger partial charge in [0, 0.05) is 31.1 Å². The van der Waals surface area contributed by atoms with Gasteiger partial charge in [0.2, 0.25) is 5.91 Å². The van der Waals surface area contributed by atoms with Crippen molar-refractivity contribution in [3.63, 3.8) is 0 Å². The van der Waals surface area contributed by atoms with Gasteiger partial charge in [-0.2, -0.15) is 0 Å². The highest BCUT2D eigenvalue weighted by Gasteiger charge is 2.35. The molecule has 0 radical (unpaired) electrons. The molecule has 1 saturated heterocycles. The first-order chi connectivity index (χ1) is 8.99. The minimum absolute atomic E-state index is 0.0316. The highest BCUT2D eigenvalue weighted by molar-refractivity contribution is 5.77. The number of nitrogens with zero attached hydrogens (tertiary/aromatic N) is 1. The Morgan fingerprint density at radius 1 is 1.26 bits per heavy atom. The Hall–Kier alpha value is -0.570. The van der Waals surface area contributed by atoms with Gasteiger partial charge in [0.05, 0.1) is 0 Å². The topological polar surface area (TPSA) is 32.3 Å². The average Bonchev–Trinajstić information content (AvgIpc) is 2.40. The zero-order chi connectivity index (χ0) is 13.9. The van der Waals surface area contributed by atoms with E-state index in [1.54, 1.807) is 0 Å². The summed E-state index contributed by atoms with van der Waals surface area (Å²) in [5.74, 6) is 1.17. The Bertz CT molecular complexity index is 308. The lowest BCUT2D eigenvalue weighted by atomic mass is 9.85. The average molecular weight is 266 g/mol. The number of amides is 1. The molecule has 1 amide bonds. The lowest BCUT2D eigenvalue weighted by Crippen LogP contribution is -2.62. The van der Waals surface area contributed by atoms with Crippen LogP contribution in [-0.2, 0) is 4.79 Å². The largest absolute Gasteiger partial charge is 0.335 e. The Morgan fingerprint density at radius 3 is 2.63 bits per heavy atom. The third-order valence-corrected chi connectivity index (χ3v) is 4.86. The third-order valence-electron chi connectivity index (χ3n) is 4.86. The van der Waals surface area contributed by atoms with Crippen molar-refractivity contribution >= 4 is 5.91 Å². The molecule has 2 aliphatic rings. The summed E-state index contributed by atoms with van der Waals surface area (Å²) in [5, 5.41) is 3.47. The predicted molar refractivity (Wildman–Crippen MR) is 79.1 cm³/mol. The minimum atomic E-state index is -0.0316. The molecule has 2 fully saturated rings. The van der Waals surface area contributed by atoms with E-state index in [0.29, 0.717) is 11.9 Å². The second-order valence-electron chi connectivity index (χ2n) is 7.14. The number of nitrogens with one attached hydrogen (secondary N) is 1. The Kier molecular flexibility index (Phi) is 4.88. The van der Waals surface area contributed by atoms with Crippen molar-refractivity contribution in [1.29, 1.82) is 0 Å². The number of piperazine rings is 1. The summed E-state index contributed by atoms with van der Waals surface area (Å²) in [6.45, 7) is 8.27. The van der Waals surface area contributed by atoms with Crippen LogP contribution in [0.25, 0.3) is 0 Å². The predicted octanol–water partition coefficient (Wildman–Crippen LogP) is 2.95. The Balaban J connectivity index is 1.83. The van der Waals surface area contributed by atoms with Gasteiger partial charge in [-0.05, 0) is 33.1 Å². The third kappa shape index (κ3) is 3.95. The summed E-state index contributed by atoms with van der Waals surface area (Å²) < 4.78 is 0. The molecular formula is C16H30N2O. The fourth-order valence-corrected chi connectivity index (χ4v) is 3.48. The van der Waals surface area contributed by atoms with Crippen LogP contribution < -0.4 is 5.32 Å². The Morgan fingerprint density at radius 2 is 1.95 bits per heavy atom. The van der Waals surface area contributed by atoms with Gasteiger partial charge >= 0.3 is 0 Å². The maximum Gasteiger partial charge on any atom is 0.223 e. The molecule has 0 spiro atoms. The van der Waals surface area contributed by atoms with E-state index in [2.05, 4.69) is 31.0 Å². The summed E-state index contributed by atoms with van der Waals surface area (Å²) >= 11 is 0. The quantitative estimate of drug-likeness (QED) is 0.852. The van der Waals surface area contributed by atoms with E-state index in [4.69, 9.17) is 0 Å². The molecule has 19 heavy (non-hydrogen) atoms. The summed E-state index contributed by atoms with van der Waals surface area (Å²) in [4.78, 5) is 14.6. The number of rotatable bonds is 3. The molecule has 0 aromatic heterocycles. The van der Waals surface area contributed by atoms with E-state index in [-0.39, 0.29) is 5.54 Å². The van der Waals surface area contributed by atoms with Crippen molar-refractivity contribution in [2.45, 2.75) is 77.3 Å². The van der Waals surface area contributed by atoms with Crippen LogP contribution in [0.1, 0.15) is 65.7 Å². The van der Waals surface area contributed by atoms with Crippen molar-refractivity contribution in [3.8, 4) is 0 Å². The summed E-state index contributed by atoms with van der Waals surface area (Å²) in [7, 11) is 0. The first-order valence-electron chi connectivity index (χ1n) is 8.03. The number of hydrogen-bond acceptors (Lipinski definition) is 2. The number of carbonyl (C=O) groups is 1. The molecule has 1 saturated carbocycles. The normalized spacial score (nSPS) is 28.4. The molecule has 1 heterocycles. The van der Waals surface area contributed by atoms with E-state index in [1.807, 2.05) is 0 Å². The van der Waals surface area contributed by atoms with Crippen LogP contribution in [0.2, 0.25) is 0 Å². The lowest BCUT2D eigenvalue weighted by molar-refractivity contribution is -0.139. The smallest absolute Gasteiger partial charge is 0.223 e. The zero-order valence-corrected chi connectivity index (χ0v) is 12.9. The summed E-state index contributed by atoms with van der Waals surface area (Å²) in [6.07, 6.45) is 8.67. The maximum absolute atomic E-state index is 12.5. The van der Waals surface area contributed by atoms with Crippen molar-refractivity contribution < 1.29 is 4.79 Å². The van der Waals surface area contributed by atoms with Crippen LogP contribution in [0, 0.1) is 5.92 Å². The SMILES string of the molecule is CC1CN(C(=O)CCC2CCCCC2)C(C)(C)CN1. The van der Waals surface area contributed by atoms with Gasteiger partial charge in [0.15, 0.2) is 0 Å². The van der Waals surface area contributed by atoms with Gasteiger partial charge in [-0.25, -0.2) is 0 Å². The second-order valence-corrected chi connectivity index (χ2v) is 7.14. The molecule has 1 N–H and O–H groups in total. The fourth-order valence-electron chi connectivity index (χ4n) is 3.48. The second kappa shape index (κ2) is 6.25. The molecule has 1 atom stereocenters. The molecule has 0 aromatic carbocycles. The van der Waals surface area contributed by atoms with E-state index in [1.165, 1.54) is 32.1 Å². The minimum Gasteiger partial charge on any atom is -0.335 e. The van der Waals surface area contributed by atoms with E-state index in [0.717, 1.165) is 31.8 Å². The van der Waals surface area contributed by atoms with Crippen molar-refractivity contribution in [3.05, 3.63) is 0 Å². The van der Waals surface area contributed by atoms with Crippen LogP contribution in [-0.4, -0.2) is 35.5 Å². The molecule has 0 bridgehead atoms. The van der Waals surface area contributed by atoms with Gasteiger partial charge in [0.1, 0.15) is 0 Å². The highest BCUT2D eigenvalue weighted by atomic mass is 16.2. The van der Waals surface area contributed by atoms with Crippen LogP contribution in [0.5, 0.6) is 0 Å². The first-order valence-corrected chi connectivity index (χ1v) is 8.03. The zero-order valence-electron chi connectivity index (χ0n) is 12.9. The molecule has 0 aromatic rings. The molecule has 1 aliphatic heterocycles. The van der Waals surface area contributed by atoms with Crippen molar-refractivity contribution in [1.82, 2.24) is 10.2 Å². The van der Waals surface area contributed by atoms with Crippen molar-refractivity contribution in [2.75, 3.05) is 13.1 Å². The van der Waals surface area contributed by atoms with Crippen LogP contribution in [0.3, 0.4) is 0 Å². The van der Waals surface area contributed by atoms with Gasteiger partial charge < -0.3 is 10.2 Å². The van der Waals surface area contributed by atoms with Crippen LogP contribution >= 0.6 is 0 Å². The standard InChI is InChI=1S/C16H30N2O/c1-13-11-18(16(2,3)12-17-13)15(19)10-9-14-7-5-4-6-8-14/h13-14,17H,4-12H2,1-3H3. The molecular weight excluding hydrogens is 236 g/mol. The molecule has 110 valence electrons. The van der Waals surface area contributed by atoms with Gasteiger partial charge in [-0.15, -0.1) is 0 Å². The molecule has 3 heteroatoms. The lowest BCUT2D eigenvalue weighted by Gasteiger charge is -2.45. The monoisotopic (exact) mass is 266 g/mol. The fraction of sp³-hybridized carbons (Fsp3) is 0.938. The number of carbonyl (C=O) groups excluding carboxylic acids is 1. The number of hydrogen-bond donors (Lipinski definition) is 1. The van der Waals surface area contributed by atoms with Gasteiger partial charge in [-0.1, -0.05) is 32.1 Å². The van der Waals surface area contributed by atoms with Crippen LogP contribution in [0.15, 0.2) is 0 Å². The van der Waals surface area contributed by atoms with Crippen molar-refractivity contribution in [2.24, 2.45) is 5.92 Å². The summed E-state index contributed by atoms with van der Waals surface area (Å²) in [6, 6.07) is 0.423. The van der Waals surface area contributed by atoms with E-state index in [9.17, 15) is 4.79 Å². The van der Waals surface area contributed by atoms with Gasteiger partial charge in [-0.3, -0.25) is 4.79 Å². The molecule has 2 rings (SSSR count). The van der Waals surface area contributed by atoms with Gasteiger partial charge in [0.25, 0.3) is 0 Å². The van der Waals surface area contributed by atoms with E-state index >= 15 is 0 Å². The summed E-state index contributed by atoms with van der Waals surface area (Å²) in [5.41, 5.74) is -0.0316. The van der Waals surface area contributed by atoms with E-state index < -0.39 is 0 Å².